The van der Waals surface area contributed by atoms with Gasteiger partial charge in [0.15, 0.2) is 0 Å². The quantitative estimate of drug-likeness (QED) is 0.261. The largest absolute Gasteiger partial charge is 0.493 e. The number of aliphatic hydroxyl groups excluding tert-OH is 2. The fraction of sp³-hybridized carbons (Fsp3) is 0.250. The summed E-state index contributed by atoms with van der Waals surface area (Å²) in [6.45, 7) is 2.12. The molecule has 1 saturated carbocycles. The van der Waals surface area contributed by atoms with Crippen LogP contribution in [-0.2, 0) is 0 Å². The summed E-state index contributed by atoms with van der Waals surface area (Å²) in [4.78, 5) is 13.2. The molecule has 194 valence electrons. The zero-order valence-electron chi connectivity index (χ0n) is 20.5. The number of rotatable bonds is 6. The molecular formula is C28H26BrN5O4. The standard InChI is InChI=1S/C28H26BrN5O4/c1-28(14-37-18-8-7-16-11-20(29)25(30)33-21(16)12-18)13-22(23(35)24(28)36)34-10-9-19-26(34)31-15-32-27(19)38-17-5-3-2-4-6-17/h2-12,15,22-24,35-36H,13-14H2,1H3,(H2,30,33)/t22-,23+,24+,28-/m1/s1. The Kier molecular flexibility index (Phi) is 6.17. The van der Waals surface area contributed by atoms with Gasteiger partial charge in [0.25, 0.3) is 0 Å². The van der Waals surface area contributed by atoms with E-state index in [4.69, 9.17) is 15.2 Å². The highest BCUT2D eigenvalue weighted by atomic mass is 79.9. The molecule has 1 aliphatic rings. The normalized spacial score (nSPS) is 23.2. The number of para-hydroxylation sites is 1. The molecule has 0 amide bonds. The number of aromatic nitrogens is 4. The third kappa shape index (κ3) is 4.34. The summed E-state index contributed by atoms with van der Waals surface area (Å²) in [5.41, 5.74) is 6.56. The van der Waals surface area contributed by atoms with E-state index in [1.54, 1.807) is 0 Å². The summed E-state index contributed by atoms with van der Waals surface area (Å²) < 4.78 is 14.7. The van der Waals surface area contributed by atoms with Crippen LogP contribution in [0.4, 0.5) is 5.82 Å². The van der Waals surface area contributed by atoms with Crippen molar-refractivity contribution in [3.63, 3.8) is 0 Å². The maximum absolute atomic E-state index is 11.1. The number of pyridine rings is 1. The molecule has 0 saturated heterocycles. The van der Waals surface area contributed by atoms with Crippen LogP contribution in [0.2, 0.25) is 0 Å². The topological polar surface area (TPSA) is 129 Å². The van der Waals surface area contributed by atoms with E-state index in [1.807, 2.05) is 78.4 Å². The Morgan fingerprint density at radius 3 is 2.71 bits per heavy atom. The zero-order chi connectivity index (χ0) is 26.4. The lowest BCUT2D eigenvalue weighted by Gasteiger charge is -2.28. The summed E-state index contributed by atoms with van der Waals surface area (Å²) in [6, 6.07) is 18.4. The number of nitrogens with zero attached hydrogens (tertiary/aromatic N) is 4. The van der Waals surface area contributed by atoms with E-state index in [0.717, 1.165) is 15.2 Å². The first kappa shape index (κ1) is 24.6. The molecule has 6 rings (SSSR count). The summed E-state index contributed by atoms with van der Waals surface area (Å²) in [5, 5.41) is 23.8. The van der Waals surface area contributed by atoms with Gasteiger partial charge in [-0.2, -0.15) is 0 Å². The summed E-state index contributed by atoms with van der Waals surface area (Å²) >= 11 is 3.40. The van der Waals surface area contributed by atoms with Crippen molar-refractivity contribution >= 4 is 43.7 Å². The molecule has 0 aliphatic heterocycles. The fourth-order valence-electron chi connectivity index (χ4n) is 5.12. The molecular weight excluding hydrogens is 550 g/mol. The van der Waals surface area contributed by atoms with Gasteiger partial charge < -0.3 is 30.0 Å². The van der Waals surface area contributed by atoms with Crippen molar-refractivity contribution in [1.29, 1.82) is 0 Å². The van der Waals surface area contributed by atoms with Gasteiger partial charge >= 0.3 is 0 Å². The monoisotopic (exact) mass is 575 g/mol. The lowest BCUT2D eigenvalue weighted by molar-refractivity contribution is -0.0364. The van der Waals surface area contributed by atoms with E-state index in [0.29, 0.717) is 40.8 Å². The smallest absolute Gasteiger partial charge is 0.231 e. The number of halogens is 1. The minimum absolute atomic E-state index is 0.204. The molecule has 1 aliphatic carbocycles. The van der Waals surface area contributed by atoms with Crippen LogP contribution >= 0.6 is 15.9 Å². The number of anilines is 1. The molecule has 0 unspecified atom stereocenters. The van der Waals surface area contributed by atoms with Crippen LogP contribution in [0.25, 0.3) is 21.9 Å². The van der Waals surface area contributed by atoms with Gasteiger partial charge in [0, 0.05) is 23.1 Å². The molecule has 38 heavy (non-hydrogen) atoms. The van der Waals surface area contributed by atoms with E-state index in [9.17, 15) is 10.2 Å². The van der Waals surface area contributed by atoms with Gasteiger partial charge in [-0.1, -0.05) is 25.1 Å². The Morgan fingerprint density at radius 2 is 1.89 bits per heavy atom. The second kappa shape index (κ2) is 9.54. The first-order valence-corrected chi connectivity index (χ1v) is 13.0. The molecule has 3 aromatic heterocycles. The Morgan fingerprint density at radius 1 is 1.08 bits per heavy atom. The number of hydrogen-bond acceptors (Lipinski definition) is 8. The van der Waals surface area contributed by atoms with Gasteiger partial charge in [-0.25, -0.2) is 15.0 Å². The van der Waals surface area contributed by atoms with Crippen LogP contribution in [0.5, 0.6) is 17.4 Å². The lowest BCUT2D eigenvalue weighted by Crippen LogP contribution is -2.38. The van der Waals surface area contributed by atoms with E-state index in [-0.39, 0.29) is 6.61 Å². The van der Waals surface area contributed by atoms with Gasteiger partial charge in [0.1, 0.15) is 35.4 Å². The third-order valence-corrected chi connectivity index (χ3v) is 7.87. The fourth-order valence-corrected chi connectivity index (χ4v) is 5.46. The molecule has 0 bridgehead atoms. The summed E-state index contributed by atoms with van der Waals surface area (Å²) in [7, 11) is 0. The molecule has 5 aromatic rings. The van der Waals surface area contributed by atoms with Crippen LogP contribution in [-0.4, -0.2) is 48.5 Å². The highest BCUT2D eigenvalue weighted by Gasteiger charge is 2.51. The SMILES string of the molecule is C[C@]1(COc2ccc3cc(Br)c(N)nc3c2)C[C@@H](n2ccc3c(Oc4ccccc4)ncnc32)[C@H](O)[C@@H]1O. The van der Waals surface area contributed by atoms with Crippen LogP contribution < -0.4 is 15.2 Å². The Balaban J connectivity index is 1.23. The highest BCUT2D eigenvalue weighted by molar-refractivity contribution is 9.10. The average molecular weight is 576 g/mol. The number of hydrogen-bond donors (Lipinski definition) is 3. The third-order valence-electron chi connectivity index (χ3n) is 7.23. The maximum atomic E-state index is 11.1. The van der Waals surface area contributed by atoms with Gasteiger partial charge in [-0.3, -0.25) is 0 Å². The molecule has 4 N–H and O–H groups in total. The first-order chi connectivity index (χ1) is 18.3. The molecule has 9 nitrogen and oxygen atoms in total. The highest BCUT2D eigenvalue weighted by Crippen LogP contribution is 2.46. The number of nitrogens with two attached hydrogens (primary N) is 1. The maximum Gasteiger partial charge on any atom is 0.231 e. The van der Waals surface area contributed by atoms with Crippen molar-refractivity contribution in [3.8, 4) is 17.4 Å². The Labute approximate surface area is 227 Å². The number of benzene rings is 2. The second-order valence-electron chi connectivity index (χ2n) is 9.91. The van der Waals surface area contributed by atoms with E-state index < -0.39 is 23.7 Å². The van der Waals surface area contributed by atoms with Crippen molar-refractivity contribution in [2.45, 2.75) is 31.6 Å². The summed E-state index contributed by atoms with van der Waals surface area (Å²) in [6.07, 6.45) is 1.75. The summed E-state index contributed by atoms with van der Waals surface area (Å²) in [5.74, 6) is 2.11. The molecule has 1 fully saturated rings. The molecule has 4 atom stereocenters. The van der Waals surface area contributed by atoms with Gasteiger partial charge in [0.05, 0.1) is 34.1 Å². The average Bonchev–Trinajstić information content (AvgIpc) is 3.44. The van der Waals surface area contributed by atoms with E-state index in [2.05, 4.69) is 30.9 Å². The van der Waals surface area contributed by atoms with Crippen molar-refractivity contribution in [2.75, 3.05) is 12.3 Å². The van der Waals surface area contributed by atoms with Crippen molar-refractivity contribution in [3.05, 3.63) is 77.7 Å². The van der Waals surface area contributed by atoms with Crippen LogP contribution in [0.3, 0.4) is 0 Å². The van der Waals surface area contributed by atoms with E-state index in [1.165, 1.54) is 6.33 Å². The van der Waals surface area contributed by atoms with Crippen LogP contribution in [0, 0.1) is 5.41 Å². The van der Waals surface area contributed by atoms with Gasteiger partial charge in [-0.15, -0.1) is 0 Å². The van der Waals surface area contributed by atoms with Crippen LogP contribution in [0.1, 0.15) is 19.4 Å². The van der Waals surface area contributed by atoms with Crippen molar-refractivity contribution in [1.82, 2.24) is 19.5 Å². The Hall–Kier alpha value is -3.73. The lowest BCUT2D eigenvalue weighted by atomic mass is 9.87. The number of ether oxygens (including phenoxy) is 2. The minimum Gasteiger partial charge on any atom is -0.493 e. The predicted octanol–water partition coefficient (Wildman–Crippen LogP) is 4.87. The number of nitrogen functional groups attached to an aromatic ring is 1. The Bertz CT molecular complexity index is 1630. The zero-order valence-corrected chi connectivity index (χ0v) is 22.1. The first-order valence-electron chi connectivity index (χ1n) is 12.2. The number of fused-ring (bicyclic) bond motifs is 2. The molecule has 0 spiro atoms. The second-order valence-corrected chi connectivity index (χ2v) is 10.8. The molecule has 2 aromatic carbocycles. The van der Waals surface area contributed by atoms with E-state index >= 15 is 0 Å². The molecule has 0 radical (unpaired) electrons. The van der Waals surface area contributed by atoms with Gasteiger partial charge in [-0.05, 0) is 58.7 Å². The van der Waals surface area contributed by atoms with Crippen molar-refractivity contribution < 1.29 is 19.7 Å². The van der Waals surface area contributed by atoms with Crippen LogP contribution in [0.15, 0.2) is 77.7 Å². The van der Waals surface area contributed by atoms with Gasteiger partial charge in [0.2, 0.25) is 5.88 Å². The molecule has 10 heteroatoms. The van der Waals surface area contributed by atoms with Crippen molar-refractivity contribution in [2.24, 2.45) is 5.41 Å². The number of aliphatic hydroxyl groups is 2. The molecule has 3 heterocycles. The predicted molar refractivity (Wildman–Crippen MR) is 147 cm³/mol. The minimum atomic E-state index is -1.01.